The number of aromatic nitrogens is 2. The summed E-state index contributed by atoms with van der Waals surface area (Å²) in [6.07, 6.45) is 2.12. The van der Waals surface area contributed by atoms with Crippen molar-refractivity contribution in [2.45, 2.75) is 59.2 Å². The van der Waals surface area contributed by atoms with E-state index in [-0.39, 0.29) is 0 Å². The van der Waals surface area contributed by atoms with Gasteiger partial charge < -0.3 is 10.1 Å². The SMILES string of the molecule is CCCc1nc(C(C)(C)OCC)nc2c1CNC2. The van der Waals surface area contributed by atoms with Gasteiger partial charge in [0, 0.05) is 31.0 Å². The van der Waals surface area contributed by atoms with Crippen molar-refractivity contribution in [3.63, 3.8) is 0 Å². The molecule has 100 valence electrons. The molecule has 0 unspecified atom stereocenters. The fourth-order valence-electron chi connectivity index (χ4n) is 2.38. The Morgan fingerprint density at radius 1 is 1.22 bits per heavy atom. The molecule has 0 aliphatic carbocycles. The second-order valence-electron chi connectivity index (χ2n) is 5.22. The van der Waals surface area contributed by atoms with E-state index >= 15 is 0 Å². The van der Waals surface area contributed by atoms with Gasteiger partial charge in [0.2, 0.25) is 0 Å². The van der Waals surface area contributed by atoms with Crippen molar-refractivity contribution in [3.8, 4) is 0 Å². The van der Waals surface area contributed by atoms with Gasteiger partial charge in [0.05, 0.1) is 5.69 Å². The molecule has 1 aliphatic heterocycles. The third kappa shape index (κ3) is 2.54. The van der Waals surface area contributed by atoms with Crippen LogP contribution in [0.1, 0.15) is 56.9 Å². The highest BCUT2D eigenvalue weighted by Crippen LogP contribution is 2.25. The second-order valence-corrected chi connectivity index (χ2v) is 5.22. The van der Waals surface area contributed by atoms with Crippen LogP contribution in [-0.4, -0.2) is 16.6 Å². The molecule has 4 nitrogen and oxygen atoms in total. The average Bonchev–Trinajstić information content (AvgIpc) is 2.77. The number of hydrogen-bond donors (Lipinski definition) is 1. The molecule has 0 saturated carbocycles. The van der Waals surface area contributed by atoms with Crippen LogP contribution in [0.3, 0.4) is 0 Å². The molecule has 0 bridgehead atoms. The smallest absolute Gasteiger partial charge is 0.160 e. The third-order valence-electron chi connectivity index (χ3n) is 3.30. The van der Waals surface area contributed by atoms with Gasteiger partial charge in [0.15, 0.2) is 5.82 Å². The van der Waals surface area contributed by atoms with Gasteiger partial charge in [-0.2, -0.15) is 0 Å². The number of hydrogen-bond acceptors (Lipinski definition) is 4. The molecule has 0 atom stereocenters. The maximum absolute atomic E-state index is 5.76. The fraction of sp³-hybridized carbons (Fsp3) is 0.714. The molecular formula is C14H23N3O. The Kier molecular flexibility index (Phi) is 3.97. The highest BCUT2D eigenvalue weighted by molar-refractivity contribution is 5.30. The van der Waals surface area contributed by atoms with E-state index in [9.17, 15) is 0 Å². The quantitative estimate of drug-likeness (QED) is 0.870. The number of nitrogens with one attached hydrogen (secondary N) is 1. The minimum absolute atomic E-state index is 0.408. The minimum Gasteiger partial charge on any atom is -0.368 e. The first-order valence-electron chi connectivity index (χ1n) is 6.82. The number of rotatable bonds is 5. The van der Waals surface area contributed by atoms with E-state index in [1.807, 2.05) is 20.8 Å². The first-order chi connectivity index (χ1) is 8.58. The molecule has 0 spiro atoms. The lowest BCUT2D eigenvalue weighted by Gasteiger charge is -2.24. The van der Waals surface area contributed by atoms with E-state index in [1.54, 1.807) is 0 Å². The lowest BCUT2D eigenvalue weighted by molar-refractivity contribution is -0.0211. The Labute approximate surface area is 109 Å². The number of ether oxygens (including phenoxy) is 1. The van der Waals surface area contributed by atoms with Crippen molar-refractivity contribution in [1.82, 2.24) is 15.3 Å². The van der Waals surface area contributed by atoms with Crippen LogP contribution < -0.4 is 5.32 Å². The molecule has 0 radical (unpaired) electrons. The monoisotopic (exact) mass is 249 g/mol. The predicted molar refractivity (Wildman–Crippen MR) is 71.2 cm³/mol. The summed E-state index contributed by atoms with van der Waals surface area (Å²) >= 11 is 0. The normalized spacial score (nSPS) is 14.9. The zero-order valence-electron chi connectivity index (χ0n) is 11.8. The fourth-order valence-corrected chi connectivity index (χ4v) is 2.38. The molecule has 0 aromatic carbocycles. The molecule has 4 heteroatoms. The molecule has 1 aromatic heterocycles. The van der Waals surface area contributed by atoms with Crippen LogP contribution >= 0.6 is 0 Å². The lowest BCUT2D eigenvalue weighted by atomic mass is 10.1. The predicted octanol–water partition coefficient (Wildman–Crippen LogP) is 2.30. The summed E-state index contributed by atoms with van der Waals surface area (Å²) in [6.45, 7) is 10.7. The maximum Gasteiger partial charge on any atom is 0.160 e. The number of nitrogens with zero attached hydrogens (tertiary/aromatic N) is 2. The summed E-state index contributed by atoms with van der Waals surface area (Å²) in [6, 6.07) is 0. The summed E-state index contributed by atoms with van der Waals surface area (Å²) in [7, 11) is 0. The van der Waals surface area contributed by atoms with E-state index in [0.717, 1.165) is 37.4 Å². The van der Waals surface area contributed by atoms with Gasteiger partial charge in [-0.25, -0.2) is 9.97 Å². The van der Waals surface area contributed by atoms with Crippen molar-refractivity contribution in [2.75, 3.05) is 6.61 Å². The van der Waals surface area contributed by atoms with Crippen LogP contribution in [0.2, 0.25) is 0 Å². The Hall–Kier alpha value is -1.00. The molecule has 2 rings (SSSR count). The molecule has 1 aromatic rings. The van der Waals surface area contributed by atoms with Crippen LogP contribution in [-0.2, 0) is 29.8 Å². The highest BCUT2D eigenvalue weighted by atomic mass is 16.5. The van der Waals surface area contributed by atoms with Crippen LogP contribution in [0.25, 0.3) is 0 Å². The Morgan fingerprint density at radius 2 is 2.00 bits per heavy atom. The molecule has 1 aliphatic rings. The zero-order chi connectivity index (χ0) is 13.2. The average molecular weight is 249 g/mol. The van der Waals surface area contributed by atoms with Crippen molar-refractivity contribution >= 4 is 0 Å². The van der Waals surface area contributed by atoms with Crippen molar-refractivity contribution in [2.24, 2.45) is 0 Å². The molecule has 18 heavy (non-hydrogen) atoms. The molecule has 0 saturated heterocycles. The molecule has 2 heterocycles. The number of fused-ring (bicyclic) bond motifs is 1. The molecule has 1 N–H and O–H groups in total. The molecule has 0 amide bonds. The molecular weight excluding hydrogens is 226 g/mol. The standard InChI is InChI=1S/C14H23N3O/c1-5-7-11-10-8-15-9-12(10)17-13(16-11)14(3,4)18-6-2/h15H,5-9H2,1-4H3. The van der Waals surface area contributed by atoms with Gasteiger partial charge in [0.1, 0.15) is 5.60 Å². The Morgan fingerprint density at radius 3 is 2.67 bits per heavy atom. The Balaban J connectivity index is 2.41. The van der Waals surface area contributed by atoms with E-state index in [4.69, 9.17) is 9.72 Å². The Bertz CT molecular complexity index is 429. The van der Waals surface area contributed by atoms with Gasteiger partial charge >= 0.3 is 0 Å². The summed E-state index contributed by atoms with van der Waals surface area (Å²) in [4.78, 5) is 9.44. The summed E-state index contributed by atoms with van der Waals surface area (Å²) in [5, 5.41) is 3.35. The van der Waals surface area contributed by atoms with Crippen LogP contribution in [0.15, 0.2) is 0 Å². The second kappa shape index (κ2) is 5.33. The number of aryl methyl sites for hydroxylation is 1. The van der Waals surface area contributed by atoms with Gasteiger partial charge in [-0.05, 0) is 27.2 Å². The van der Waals surface area contributed by atoms with Crippen molar-refractivity contribution < 1.29 is 4.74 Å². The minimum atomic E-state index is -0.408. The van der Waals surface area contributed by atoms with Crippen LogP contribution in [0.4, 0.5) is 0 Å². The van der Waals surface area contributed by atoms with Gasteiger partial charge in [-0.3, -0.25) is 0 Å². The van der Waals surface area contributed by atoms with E-state index in [1.165, 1.54) is 11.3 Å². The summed E-state index contributed by atoms with van der Waals surface area (Å²) in [5.74, 6) is 0.815. The molecule has 0 fully saturated rings. The van der Waals surface area contributed by atoms with Gasteiger partial charge in [-0.15, -0.1) is 0 Å². The van der Waals surface area contributed by atoms with Crippen LogP contribution in [0.5, 0.6) is 0 Å². The van der Waals surface area contributed by atoms with E-state index in [0.29, 0.717) is 6.61 Å². The van der Waals surface area contributed by atoms with Crippen LogP contribution in [0, 0.1) is 0 Å². The van der Waals surface area contributed by atoms with Crippen molar-refractivity contribution in [3.05, 3.63) is 22.8 Å². The third-order valence-corrected chi connectivity index (χ3v) is 3.30. The van der Waals surface area contributed by atoms with Crippen molar-refractivity contribution in [1.29, 1.82) is 0 Å². The topological polar surface area (TPSA) is 47.0 Å². The largest absolute Gasteiger partial charge is 0.368 e. The summed E-state index contributed by atoms with van der Waals surface area (Å²) in [5.41, 5.74) is 3.23. The lowest BCUT2D eigenvalue weighted by Crippen LogP contribution is -2.26. The first-order valence-corrected chi connectivity index (χ1v) is 6.82. The first kappa shape index (κ1) is 13.4. The van der Waals surface area contributed by atoms with E-state index in [2.05, 4.69) is 17.2 Å². The zero-order valence-corrected chi connectivity index (χ0v) is 11.8. The maximum atomic E-state index is 5.76. The van der Waals surface area contributed by atoms with Gasteiger partial charge in [-0.1, -0.05) is 13.3 Å². The van der Waals surface area contributed by atoms with Gasteiger partial charge in [0.25, 0.3) is 0 Å². The summed E-state index contributed by atoms with van der Waals surface area (Å²) < 4.78 is 5.76. The van der Waals surface area contributed by atoms with E-state index < -0.39 is 5.60 Å². The highest BCUT2D eigenvalue weighted by Gasteiger charge is 2.28.